The van der Waals surface area contributed by atoms with Gasteiger partial charge < -0.3 is 0 Å². The second-order valence-electron chi connectivity index (χ2n) is 6.56. The Labute approximate surface area is 150 Å². The average Bonchev–Trinajstić information content (AvgIpc) is 2.66. The standard InChI is InChI=1S/C12H10.C12H26/c1-3-7-11(8-4-1)12-9-5-2-6-10-12;1-3-5-7-9-11-12-10-8-6-4-2/h1-10H;3-12H2,1-2H3. The van der Waals surface area contributed by atoms with Crippen LogP contribution >= 0.6 is 0 Å². The third-order valence-corrected chi connectivity index (χ3v) is 4.34. The molecule has 0 atom stereocenters. The number of unbranched alkanes of at least 4 members (excludes halogenated alkanes) is 9. The average molecular weight is 325 g/mol. The third kappa shape index (κ3) is 10.3. The molecule has 2 aromatic rings. The molecule has 0 nitrogen and oxygen atoms in total. The van der Waals surface area contributed by atoms with E-state index in [1.807, 2.05) is 12.1 Å². The van der Waals surface area contributed by atoms with E-state index in [-0.39, 0.29) is 0 Å². The van der Waals surface area contributed by atoms with Crippen molar-refractivity contribution in [2.24, 2.45) is 0 Å². The molecule has 0 amide bonds. The summed E-state index contributed by atoms with van der Waals surface area (Å²) in [7, 11) is 0. The van der Waals surface area contributed by atoms with Crippen LogP contribution < -0.4 is 0 Å². The van der Waals surface area contributed by atoms with Crippen LogP contribution in [0.3, 0.4) is 0 Å². The molecule has 0 aliphatic heterocycles. The van der Waals surface area contributed by atoms with Gasteiger partial charge in [-0.1, -0.05) is 139 Å². The van der Waals surface area contributed by atoms with Gasteiger partial charge in [-0.3, -0.25) is 0 Å². The highest BCUT2D eigenvalue weighted by molar-refractivity contribution is 5.62. The Morgan fingerprint density at radius 2 is 0.708 bits per heavy atom. The molecule has 0 aliphatic rings. The molecule has 0 aromatic heterocycles. The molecule has 24 heavy (non-hydrogen) atoms. The molecular formula is C24H36. The zero-order valence-corrected chi connectivity index (χ0v) is 15.8. The van der Waals surface area contributed by atoms with Crippen molar-refractivity contribution in [3.8, 4) is 11.1 Å². The smallest absolute Gasteiger partial charge is 0.0184 e. The highest BCUT2D eigenvalue weighted by Gasteiger charge is 1.92. The number of hydrogen-bond acceptors (Lipinski definition) is 0. The Morgan fingerprint density at radius 1 is 0.417 bits per heavy atom. The van der Waals surface area contributed by atoms with Crippen LogP contribution in [0.4, 0.5) is 0 Å². The molecule has 2 rings (SSSR count). The van der Waals surface area contributed by atoms with Crippen LogP contribution in [-0.4, -0.2) is 0 Å². The highest BCUT2D eigenvalue weighted by Crippen LogP contribution is 2.17. The van der Waals surface area contributed by atoms with Gasteiger partial charge in [0.15, 0.2) is 0 Å². The molecule has 2 aromatic carbocycles. The van der Waals surface area contributed by atoms with Crippen LogP contribution in [0.5, 0.6) is 0 Å². The van der Waals surface area contributed by atoms with E-state index < -0.39 is 0 Å². The van der Waals surface area contributed by atoms with Gasteiger partial charge >= 0.3 is 0 Å². The normalized spacial score (nSPS) is 10.1. The Balaban J connectivity index is 0.000000240. The predicted molar refractivity (Wildman–Crippen MR) is 109 cm³/mol. The predicted octanol–water partition coefficient (Wildman–Crippen LogP) is 8.28. The summed E-state index contributed by atoms with van der Waals surface area (Å²) in [5.74, 6) is 0. The van der Waals surface area contributed by atoms with Crippen molar-refractivity contribution in [1.82, 2.24) is 0 Å². The van der Waals surface area contributed by atoms with Crippen molar-refractivity contribution in [3.63, 3.8) is 0 Å². The zero-order chi connectivity index (χ0) is 17.3. The minimum absolute atomic E-state index is 1.28. The van der Waals surface area contributed by atoms with Crippen molar-refractivity contribution in [2.45, 2.75) is 78.1 Å². The van der Waals surface area contributed by atoms with Crippen molar-refractivity contribution in [1.29, 1.82) is 0 Å². The Kier molecular flexibility index (Phi) is 12.8. The van der Waals surface area contributed by atoms with Gasteiger partial charge in [0.05, 0.1) is 0 Å². The molecule has 0 radical (unpaired) electrons. The van der Waals surface area contributed by atoms with Crippen molar-refractivity contribution >= 4 is 0 Å². The van der Waals surface area contributed by atoms with Crippen LogP contribution in [0.25, 0.3) is 11.1 Å². The quantitative estimate of drug-likeness (QED) is 0.386. The summed E-state index contributed by atoms with van der Waals surface area (Å²) in [4.78, 5) is 0. The second kappa shape index (κ2) is 15.0. The third-order valence-electron chi connectivity index (χ3n) is 4.34. The molecule has 0 saturated heterocycles. The summed E-state index contributed by atoms with van der Waals surface area (Å²) < 4.78 is 0. The molecule has 0 fully saturated rings. The topological polar surface area (TPSA) is 0 Å². The van der Waals surface area contributed by atoms with E-state index >= 15 is 0 Å². The molecule has 0 bridgehead atoms. The van der Waals surface area contributed by atoms with Gasteiger partial charge in [-0.15, -0.1) is 0 Å². The molecule has 132 valence electrons. The maximum Gasteiger partial charge on any atom is -0.0184 e. The second-order valence-corrected chi connectivity index (χ2v) is 6.56. The fraction of sp³-hybridized carbons (Fsp3) is 0.500. The van der Waals surface area contributed by atoms with Crippen LogP contribution in [0, 0.1) is 0 Å². The van der Waals surface area contributed by atoms with Crippen LogP contribution in [0.15, 0.2) is 60.7 Å². The van der Waals surface area contributed by atoms with Gasteiger partial charge in [0.25, 0.3) is 0 Å². The number of hydrogen-bond donors (Lipinski definition) is 0. The summed E-state index contributed by atoms with van der Waals surface area (Å²) in [6.07, 6.45) is 14.4. The van der Waals surface area contributed by atoms with Crippen molar-refractivity contribution < 1.29 is 0 Å². The zero-order valence-electron chi connectivity index (χ0n) is 15.8. The molecule has 0 heteroatoms. The van der Waals surface area contributed by atoms with E-state index in [4.69, 9.17) is 0 Å². The maximum atomic E-state index is 2.28. The first-order chi connectivity index (χ1) is 11.9. The molecule has 0 aliphatic carbocycles. The molecule has 0 unspecified atom stereocenters. The fourth-order valence-electron chi connectivity index (χ4n) is 2.82. The van der Waals surface area contributed by atoms with Gasteiger partial charge in [0.1, 0.15) is 0 Å². The summed E-state index contributed by atoms with van der Waals surface area (Å²) >= 11 is 0. The number of rotatable bonds is 10. The lowest BCUT2D eigenvalue weighted by atomic mass is 10.1. The largest absolute Gasteiger partial charge is 0.0654 e. The van der Waals surface area contributed by atoms with E-state index in [9.17, 15) is 0 Å². The SMILES string of the molecule is CCCCCCCCCCCC.c1ccc(-c2ccccc2)cc1. The lowest BCUT2D eigenvalue weighted by Gasteiger charge is -1.99. The van der Waals surface area contributed by atoms with Crippen LogP contribution in [0.2, 0.25) is 0 Å². The van der Waals surface area contributed by atoms with E-state index in [0.29, 0.717) is 0 Å². The number of benzene rings is 2. The van der Waals surface area contributed by atoms with Gasteiger partial charge in [-0.25, -0.2) is 0 Å². The first kappa shape index (κ1) is 20.5. The summed E-state index contributed by atoms with van der Waals surface area (Å²) in [5, 5.41) is 0. The monoisotopic (exact) mass is 324 g/mol. The van der Waals surface area contributed by atoms with Crippen LogP contribution in [0.1, 0.15) is 78.1 Å². The van der Waals surface area contributed by atoms with Gasteiger partial charge in [-0.05, 0) is 11.1 Å². The van der Waals surface area contributed by atoms with Crippen molar-refractivity contribution in [3.05, 3.63) is 60.7 Å². The molecule has 0 N–H and O–H groups in total. The minimum atomic E-state index is 1.28. The fourth-order valence-corrected chi connectivity index (χ4v) is 2.82. The van der Waals surface area contributed by atoms with Gasteiger partial charge in [-0.2, -0.15) is 0 Å². The summed E-state index contributed by atoms with van der Waals surface area (Å²) in [6.45, 7) is 4.56. The molecule has 0 heterocycles. The maximum absolute atomic E-state index is 2.28. The Hall–Kier alpha value is -1.56. The van der Waals surface area contributed by atoms with E-state index in [1.54, 1.807) is 0 Å². The van der Waals surface area contributed by atoms with E-state index in [0.717, 1.165) is 0 Å². The Bertz CT molecular complexity index is 424. The van der Waals surface area contributed by atoms with E-state index in [2.05, 4.69) is 62.4 Å². The Morgan fingerprint density at radius 3 is 1.00 bits per heavy atom. The summed E-state index contributed by atoms with van der Waals surface area (Å²) in [5.41, 5.74) is 2.55. The highest BCUT2D eigenvalue weighted by atomic mass is 14.0. The van der Waals surface area contributed by atoms with Crippen molar-refractivity contribution in [2.75, 3.05) is 0 Å². The summed E-state index contributed by atoms with van der Waals surface area (Å²) in [6, 6.07) is 20.8. The minimum Gasteiger partial charge on any atom is -0.0654 e. The molecular weight excluding hydrogens is 288 g/mol. The molecule has 0 spiro atoms. The molecule has 0 saturated carbocycles. The lowest BCUT2D eigenvalue weighted by molar-refractivity contribution is 0.562. The lowest BCUT2D eigenvalue weighted by Crippen LogP contribution is -1.80. The van der Waals surface area contributed by atoms with Crippen LogP contribution in [-0.2, 0) is 0 Å². The van der Waals surface area contributed by atoms with E-state index in [1.165, 1.54) is 75.3 Å². The van der Waals surface area contributed by atoms with Gasteiger partial charge in [0, 0.05) is 0 Å². The first-order valence-corrected chi connectivity index (χ1v) is 9.99. The first-order valence-electron chi connectivity index (χ1n) is 9.99. The van der Waals surface area contributed by atoms with Gasteiger partial charge in [0.2, 0.25) is 0 Å².